The molecule has 3 nitrogen and oxygen atoms in total. The van der Waals surface area contributed by atoms with Crippen molar-refractivity contribution in [2.24, 2.45) is 7.05 Å². The standard InChI is InChI=1S/C15H25N3/c1-3-11-16-15(14-10-12-18(2)17-14)13-8-6-4-5-7-9-13/h8,10,12,15-16H,3-7,9,11H2,1-2H3. The van der Waals surface area contributed by atoms with Crippen LogP contribution < -0.4 is 5.32 Å². The lowest BCUT2D eigenvalue weighted by atomic mass is 9.99. The van der Waals surface area contributed by atoms with Crippen molar-refractivity contribution in [1.82, 2.24) is 15.1 Å². The molecule has 0 bridgehead atoms. The second kappa shape index (κ2) is 6.74. The number of aromatic nitrogens is 2. The second-order valence-electron chi connectivity index (χ2n) is 5.18. The van der Waals surface area contributed by atoms with Crippen molar-refractivity contribution in [2.45, 2.75) is 51.5 Å². The third-order valence-electron chi connectivity index (χ3n) is 3.58. The molecular formula is C15H25N3. The molecule has 1 aliphatic carbocycles. The van der Waals surface area contributed by atoms with Gasteiger partial charge in [0, 0.05) is 13.2 Å². The van der Waals surface area contributed by atoms with Crippen LogP contribution in [-0.4, -0.2) is 16.3 Å². The van der Waals surface area contributed by atoms with Crippen LogP contribution in [0, 0.1) is 0 Å². The first-order valence-electron chi connectivity index (χ1n) is 7.23. The highest BCUT2D eigenvalue weighted by Gasteiger charge is 2.18. The molecule has 1 aromatic rings. The molecule has 18 heavy (non-hydrogen) atoms. The van der Waals surface area contributed by atoms with E-state index in [1.807, 2.05) is 17.9 Å². The van der Waals surface area contributed by atoms with E-state index < -0.39 is 0 Å². The normalized spacial score (nSPS) is 18.2. The summed E-state index contributed by atoms with van der Waals surface area (Å²) in [6.45, 7) is 3.27. The van der Waals surface area contributed by atoms with Gasteiger partial charge in [-0.05, 0) is 44.7 Å². The summed E-state index contributed by atoms with van der Waals surface area (Å²) < 4.78 is 1.90. The Balaban J connectivity index is 2.15. The van der Waals surface area contributed by atoms with Gasteiger partial charge in [0.25, 0.3) is 0 Å². The van der Waals surface area contributed by atoms with E-state index in [-0.39, 0.29) is 0 Å². The molecular weight excluding hydrogens is 222 g/mol. The molecule has 0 aromatic carbocycles. The second-order valence-corrected chi connectivity index (χ2v) is 5.18. The molecule has 0 saturated heterocycles. The van der Waals surface area contributed by atoms with Gasteiger partial charge in [0.1, 0.15) is 0 Å². The topological polar surface area (TPSA) is 29.9 Å². The predicted octanol–water partition coefficient (Wildman–Crippen LogP) is 3.35. The van der Waals surface area contributed by atoms with Gasteiger partial charge in [-0.15, -0.1) is 0 Å². The monoisotopic (exact) mass is 247 g/mol. The maximum absolute atomic E-state index is 4.58. The van der Waals surface area contributed by atoms with Crippen LogP contribution in [0.1, 0.15) is 57.2 Å². The maximum atomic E-state index is 4.58. The van der Waals surface area contributed by atoms with E-state index in [9.17, 15) is 0 Å². The Kier molecular flexibility index (Phi) is 5.00. The molecule has 0 amide bonds. The molecule has 0 saturated carbocycles. The number of nitrogens with zero attached hydrogens (tertiary/aromatic N) is 2. The maximum Gasteiger partial charge on any atom is 0.0835 e. The average molecular weight is 247 g/mol. The molecule has 1 aromatic heterocycles. The Bertz CT molecular complexity index is 392. The zero-order valence-electron chi connectivity index (χ0n) is 11.7. The van der Waals surface area contributed by atoms with Crippen LogP contribution in [0.25, 0.3) is 0 Å². The van der Waals surface area contributed by atoms with Crippen LogP contribution in [0.3, 0.4) is 0 Å². The van der Waals surface area contributed by atoms with Crippen LogP contribution in [0.15, 0.2) is 23.9 Å². The first kappa shape index (κ1) is 13.3. The number of nitrogens with one attached hydrogen (secondary N) is 1. The Morgan fingerprint density at radius 1 is 1.39 bits per heavy atom. The third-order valence-corrected chi connectivity index (χ3v) is 3.58. The number of hydrogen-bond acceptors (Lipinski definition) is 2. The quantitative estimate of drug-likeness (QED) is 0.809. The fourth-order valence-corrected chi connectivity index (χ4v) is 2.60. The van der Waals surface area contributed by atoms with Crippen molar-refractivity contribution in [3.63, 3.8) is 0 Å². The van der Waals surface area contributed by atoms with Crippen LogP contribution in [-0.2, 0) is 7.05 Å². The van der Waals surface area contributed by atoms with Gasteiger partial charge in [-0.25, -0.2) is 0 Å². The van der Waals surface area contributed by atoms with Gasteiger partial charge < -0.3 is 5.32 Å². The SMILES string of the molecule is CCCNC(C1=CCCCCC1)c1ccn(C)n1. The molecule has 1 N–H and O–H groups in total. The minimum absolute atomic E-state index is 0.323. The molecule has 0 aliphatic heterocycles. The summed E-state index contributed by atoms with van der Waals surface area (Å²) in [7, 11) is 1.99. The first-order valence-corrected chi connectivity index (χ1v) is 7.23. The Hall–Kier alpha value is -1.09. The minimum atomic E-state index is 0.323. The smallest absolute Gasteiger partial charge is 0.0835 e. The van der Waals surface area contributed by atoms with Gasteiger partial charge in [-0.3, -0.25) is 4.68 Å². The molecule has 100 valence electrons. The molecule has 1 atom stereocenters. The number of allylic oxidation sites excluding steroid dienone is 1. The summed E-state index contributed by atoms with van der Waals surface area (Å²) >= 11 is 0. The third kappa shape index (κ3) is 3.45. The molecule has 0 spiro atoms. The van der Waals surface area contributed by atoms with Crippen molar-refractivity contribution in [1.29, 1.82) is 0 Å². The fraction of sp³-hybridized carbons (Fsp3) is 0.667. The van der Waals surface area contributed by atoms with E-state index in [2.05, 4.69) is 29.5 Å². The van der Waals surface area contributed by atoms with Gasteiger partial charge in [-0.1, -0.05) is 25.0 Å². The lowest BCUT2D eigenvalue weighted by Crippen LogP contribution is -2.24. The fourth-order valence-electron chi connectivity index (χ4n) is 2.60. The Morgan fingerprint density at radius 3 is 3.00 bits per heavy atom. The van der Waals surface area contributed by atoms with Crippen molar-refractivity contribution in [3.8, 4) is 0 Å². The van der Waals surface area contributed by atoms with Crippen molar-refractivity contribution < 1.29 is 0 Å². The zero-order chi connectivity index (χ0) is 12.8. The summed E-state index contributed by atoms with van der Waals surface area (Å²) in [5, 5.41) is 8.24. The van der Waals surface area contributed by atoms with Crippen LogP contribution in [0.2, 0.25) is 0 Å². The Morgan fingerprint density at radius 2 is 2.28 bits per heavy atom. The van der Waals surface area contributed by atoms with Gasteiger partial charge in [-0.2, -0.15) is 5.10 Å². The van der Waals surface area contributed by atoms with Crippen LogP contribution in [0.5, 0.6) is 0 Å². The van der Waals surface area contributed by atoms with Crippen molar-refractivity contribution in [2.75, 3.05) is 6.54 Å². The Labute approximate surface area is 110 Å². The number of aryl methyl sites for hydroxylation is 1. The predicted molar refractivity (Wildman–Crippen MR) is 75.4 cm³/mol. The highest BCUT2D eigenvalue weighted by atomic mass is 15.3. The van der Waals surface area contributed by atoms with Gasteiger partial charge >= 0.3 is 0 Å². The molecule has 1 unspecified atom stereocenters. The largest absolute Gasteiger partial charge is 0.305 e. The minimum Gasteiger partial charge on any atom is -0.305 e. The molecule has 0 radical (unpaired) electrons. The first-order chi connectivity index (χ1) is 8.81. The van der Waals surface area contributed by atoms with E-state index >= 15 is 0 Å². The molecule has 1 aliphatic rings. The summed E-state index contributed by atoms with van der Waals surface area (Å²) in [6, 6.07) is 2.46. The lowest BCUT2D eigenvalue weighted by Gasteiger charge is -2.19. The van der Waals surface area contributed by atoms with Crippen molar-refractivity contribution >= 4 is 0 Å². The van der Waals surface area contributed by atoms with Crippen molar-refractivity contribution in [3.05, 3.63) is 29.6 Å². The highest BCUT2D eigenvalue weighted by molar-refractivity contribution is 5.22. The highest BCUT2D eigenvalue weighted by Crippen LogP contribution is 2.28. The lowest BCUT2D eigenvalue weighted by molar-refractivity contribution is 0.548. The van der Waals surface area contributed by atoms with E-state index in [0.29, 0.717) is 6.04 Å². The summed E-state index contributed by atoms with van der Waals surface area (Å²) in [6.07, 6.45) is 12.1. The van der Waals surface area contributed by atoms with Gasteiger partial charge in [0.2, 0.25) is 0 Å². The van der Waals surface area contributed by atoms with E-state index in [4.69, 9.17) is 0 Å². The van der Waals surface area contributed by atoms with Crippen LogP contribution >= 0.6 is 0 Å². The van der Waals surface area contributed by atoms with Gasteiger partial charge in [0.15, 0.2) is 0 Å². The molecule has 1 heterocycles. The van der Waals surface area contributed by atoms with E-state index in [1.165, 1.54) is 37.8 Å². The van der Waals surface area contributed by atoms with Gasteiger partial charge in [0.05, 0.1) is 11.7 Å². The number of hydrogen-bond donors (Lipinski definition) is 1. The average Bonchev–Trinajstić information content (AvgIpc) is 2.65. The van der Waals surface area contributed by atoms with E-state index in [0.717, 1.165) is 13.0 Å². The summed E-state index contributed by atoms with van der Waals surface area (Å²) in [5.74, 6) is 0. The molecule has 3 heteroatoms. The summed E-state index contributed by atoms with van der Waals surface area (Å²) in [4.78, 5) is 0. The molecule has 0 fully saturated rings. The van der Waals surface area contributed by atoms with E-state index in [1.54, 1.807) is 5.57 Å². The molecule has 2 rings (SSSR count). The summed E-state index contributed by atoms with van der Waals surface area (Å²) in [5.41, 5.74) is 2.71. The zero-order valence-corrected chi connectivity index (χ0v) is 11.7. The van der Waals surface area contributed by atoms with Crippen LogP contribution in [0.4, 0.5) is 0 Å². The number of rotatable bonds is 5.